The van der Waals surface area contributed by atoms with Crippen LogP contribution < -0.4 is 0 Å². The molecule has 1 heterocycles. The molecule has 0 spiro atoms. The van der Waals surface area contributed by atoms with Crippen LogP contribution >= 0.6 is 0 Å². The maximum Gasteiger partial charge on any atom is 0.416 e. The van der Waals surface area contributed by atoms with Crippen LogP contribution in [0.2, 0.25) is 0 Å². The predicted molar refractivity (Wildman–Crippen MR) is 137 cm³/mol. The van der Waals surface area contributed by atoms with Crippen molar-refractivity contribution in [1.29, 1.82) is 0 Å². The molecule has 0 saturated carbocycles. The largest absolute Gasteiger partial charge is 0.505 e. The number of benzene rings is 2. The fourth-order valence-electron chi connectivity index (χ4n) is 4.44. The van der Waals surface area contributed by atoms with E-state index in [1.54, 1.807) is 12.1 Å². The number of alkyl halides is 3. The van der Waals surface area contributed by atoms with Gasteiger partial charge in [-0.05, 0) is 54.0 Å². The Kier molecular flexibility index (Phi) is 8.55. The number of carbonyl (C=O) groups is 1. The number of phenolic OH excluding ortho intramolecular Hbond substituents is 1. The fourth-order valence-corrected chi connectivity index (χ4v) is 4.44. The Hall–Kier alpha value is -3.10. The summed E-state index contributed by atoms with van der Waals surface area (Å²) >= 11 is 0. The second kappa shape index (κ2) is 11.1. The van der Waals surface area contributed by atoms with Crippen LogP contribution in [0.15, 0.2) is 30.3 Å². The Morgan fingerprint density at radius 2 is 1.62 bits per heavy atom. The standard InChI is InChI=1S/C28H36F3N3O3/c1-17(2)9-7-6-8-10-19(26(36)37)13-18-14-21(27(3,4)5)25(35)24(15-18)34-32-22-12-11-20(28(29,30)31)16-23(22)33-34/h11-12,14-17,19,35H,6-10,13H2,1-5H3,(H,36,37). The second-order valence-electron chi connectivity index (χ2n) is 11.2. The van der Waals surface area contributed by atoms with Crippen molar-refractivity contribution < 1.29 is 28.2 Å². The minimum atomic E-state index is -4.51. The number of hydrogen-bond acceptors (Lipinski definition) is 4. The number of nitrogens with zero attached hydrogens (tertiary/aromatic N) is 3. The van der Waals surface area contributed by atoms with Crippen LogP contribution in [0.4, 0.5) is 13.2 Å². The molecule has 202 valence electrons. The van der Waals surface area contributed by atoms with E-state index in [0.29, 0.717) is 23.5 Å². The van der Waals surface area contributed by atoms with Crippen LogP contribution in [-0.2, 0) is 22.8 Å². The van der Waals surface area contributed by atoms with Gasteiger partial charge in [-0.2, -0.15) is 13.2 Å². The minimum Gasteiger partial charge on any atom is -0.505 e. The predicted octanol–water partition coefficient (Wildman–Crippen LogP) is 7.29. The lowest BCUT2D eigenvalue weighted by Crippen LogP contribution is -2.18. The lowest BCUT2D eigenvalue weighted by atomic mass is 9.83. The fraction of sp³-hybridized carbons (Fsp3) is 0.536. The summed E-state index contributed by atoms with van der Waals surface area (Å²) in [5.41, 5.74) is 0.455. The van der Waals surface area contributed by atoms with Crippen molar-refractivity contribution in [2.24, 2.45) is 11.8 Å². The van der Waals surface area contributed by atoms with E-state index in [2.05, 4.69) is 24.0 Å². The molecule has 0 saturated heterocycles. The molecule has 0 radical (unpaired) electrons. The average Bonchev–Trinajstić information content (AvgIpc) is 3.20. The molecule has 1 atom stereocenters. The number of fused-ring (bicyclic) bond motifs is 1. The van der Waals surface area contributed by atoms with Crippen molar-refractivity contribution in [2.75, 3.05) is 0 Å². The molecule has 3 aromatic rings. The third-order valence-corrected chi connectivity index (χ3v) is 6.55. The summed E-state index contributed by atoms with van der Waals surface area (Å²) in [5.74, 6) is -0.941. The molecule has 0 aliphatic heterocycles. The zero-order valence-corrected chi connectivity index (χ0v) is 22.1. The molecule has 1 unspecified atom stereocenters. The molecule has 3 rings (SSSR count). The molecule has 0 bridgehead atoms. The number of carboxylic acids is 1. The van der Waals surface area contributed by atoms with Crippen LogP contribution in [0.3, 0.4) is 0 Å². The third-order valence-electron chi connectivity index (χ3n) is 6.55. The highest BCUT2D eigenvalue weighted by Crippen LogP contribution is 2.37. The monoisotopic (exact) mass is 519 g/mol. The zero-order chi connectivity index (χ0) is 27.5. The smallest absolute Gasteiger partial charge is 0.416 e. The van der Waals surface area contributed by atoms with Crippen LogP contribution in [0, 0.1) is 11.8 Å². The molecule has 1 aromatic heterocycles. The van der Waals surface area contributed by atoms with Crippen molar-refractivity contribution in [3.05, 3.63) is 47.0 Å². The van der Waals surface area contributed by atoms with Crippen molar-refractivity contribution in [2.45, 2.75) is 84.7 Å². The van der Waals surface area contributed by atoms with Gasteiger partial charge >= 0.3 is 12.1 Å². The first-order valence-electron chi connectivity index (χ1n) is 12.7. The van der Waals surface area contributed by atoms with E-state index in [4.69, 9.17) is 0 Å². The summed E-state index contributed by atoms with van der Waals surface area (Å²) in [4.78, 5) is 13.2. The van der Waals surface area contributed by atoms with Crippen molar-refractivity contribution in [1.82, 2.24) is 15.0 Å². The van der Waals surface area contributed by atoms with Crippen molar-refractivity contribution in [3.8, 4) is 11.4 Å². The van der Waals surface area contributed by atoms with Gasteiger partial charge in [0.1, 0.15) is 22.5 Å². The molecule has 2 N–H and O–H groups in total. The number of carboxylic acid groups (broad SMARTS) is 1. The van der Waals surface area contributed by atoms with E-state index in [9.17, 15) is 28.2 Å². The molecule has 9 heteroatoms. The Labute approximate surface area is 215 Å². The Morgan fingerprint density at radius 3 is 2.22 bits per heavy atom. The maximum absolute atomic E-state index is 13.2. The summed E-state index contributed by atoms with van der Waals surface area (Å²) < 4.78 is 39.5. The van der Waals surface area contributed by atoms with Gasteiger partial charge in [-0.25, -0.2) is 0 Å². The van der Waals surface area contributed by atoms with Crippen LogP contribution in [0.25, 0.3) is 16.7 Å². The van der Waals surface area contributed by atoms with Gasteiger partial charge < -0.3 is 10.2 Å². The van der Waals surface area contributed by atoms with E-state index in [1.165, 1.54) is 6.07 Å². The zero-order valence-electron chi connectivity index (χ0n) is 22.1. The molecule has 0 fully saturated rings. The number of hydrogen-bond donors (Lipinski definition) is 2. The SMILES string of the molecule is CC(C)CCCCCC(Cc1cc(-n2nc3ccc(C(F)(F)F)cc3n2)c(O)c(C(C)(C)C)c1)C(=O)O. The van der Waals surface area contributed by atoms with E-state index >= 15 is 0 Å². The van der Waals surface area contributed by atoms with Gasteiger partial charge in [0.05, 0.1) is 11.5 Å². The molecular formula is C28H36F3N3O3. The highest BCUT2D eigenvalue weighted by Gasteiger charge is 2.31. The van der Waals surface area contributed by atoms with Gasteiger partial charge in [-0.3, -0.25) is 4.79 Å². The number of aliphatic carboxylic acids is 1. The van der Waals surface area contributed by atoms with Crippen molar-refractivity contribution >= 4 is 17.0 Å². The van der Waals surface area contributed by atoms with Gasteiger partial charge in [0.25, 0.3) is 0 Å². The maximum atomic E-state index is 13.2. The number of aromatic hydroxyl groups is 1. The Bertz CT molecular complexity index is 1240. The summed E-state index contributed by atoms with van der Waals surface area (Å²) in [6.45, 7) is 10.1. The molecule has 2 aromatic carbocycles. The summed E-state index contributed by atoms with van der Waals surface area (Å²) in [7, 11) is 0. The first-order chi connectivity index (χ1) is 17.2. The number of rotatable bonds is 10. The topological polar surface area (TPSA) is 88.2 Å². The molecule has 0 amide bonds. The van der Waals surface area contributed by atoms with E-state index in [-0.39, 0.29) is 28.9 Å². The van der Waals surface area contributed by atoms with Crippen molar-refractivity contribution in [3.63, 3.8) is 0 Å². The van der Waals surface area contributed by atoms with Crippen LogP contribution in [0.1, 0.15) is 83.4 Å². The molecule has 6 nitrogen and oxygen atoms in total. The summed E-state index contributed by atoms with van der Waals surface area (Å²) in [6.07, 6.45) is 0.251. The normalized spacial score (nSPS) is 13.4. The Balaban J connectivity index is 1.96. The molecule has 0 aliphatic carbocycles. The average molecular weight is 520 g/mol. The molecule has 0 aliphatic rings. The van der Waals surface area contributed by atoms with Crippen LogP contribution in [-0.4, -0.2) is 31.2 Å². The first-order valence-corrected chi connectivity index (χ1v) is 12.7. The highest BCUT2D eigenvalue weighted by atomic mass is 19.4. The quantitative estimate of drug-likeness (QED) is 0.275. The summed E-state index contributed by atoms with van der Waals surface area (Å²) in [5, 5.41) is 29.5. The lowest BCUT2D eigenvalue weighted by Gasteiger charge is -2.24. The van der Waals surface area contributed by atoms with Gasteiger partial charge in [0.2, 0.25) is 0 Å². The molecule has 37 heavy (non-hydrogen) atoms. The van der Waals surface area contributed by atoms with Gasteiger partial charge in [0, 0.05) is 5.56 Å². The number of halogens is 3. The Morgan fingerprint density at radius 1 is 0.973 bits per heavy atom. The van der Waals surface area contributed by atoms with E-state index in [0.717, 1.165) is 42.6 Å². The van der Waals surface area contributed by atoms with E-state index < -0.39 is 29.0 Å². The third kappa shape index (κ3) is 7.23. The van der Waals surface area contributed by atoms with E-state index in [1.807, 2.05) is 20.8 Å². The van der Waals surface area contributed by atoms with Crippen LogP contribution in [0.5, 0.6) is 5.75 Å². The summed E-state index contributed by atoms with van der Waals surface area (Å²) in [6, 6.07) is 6.54. The minimum absolute atomic E-state index is 0.0433. The number of phenols is 1. The second-order valence-corrected chi connectivity index (χ2v) is 11.2. The van der Waals surface area contributed by atoms with Gasteiger partial charge in [-0.15, -0.1) is 15.0 Å². The van der Waals surface area contributed by atoms with Gasteiger partial charge in [-0.1, -0.05) is 66.4 Å². The lowest BCUT2D eigenvalue weighted by molar-refractivity contribution is -0.142. The molecular weight excluding hydrogens is 483 g/mol. The first kappa shape index (κ1) is 28.5. The van der Waals surface area contributed by atoms with Gasteiger partial charge in [0.15, 0.2) is 0 Å². The number of aromatic nitrogens is 3. The number of unbranched alkanes of at least 4 members (excludes halogenated alkanes) is 2. The highest BCUT2D eigenvalue weighted by molar-refractivity contribution is 5.75.